The van der Waals surface area contributed by atoms with Crippen LogP contribution in [0.3, 0.4) is 0 Å². The molecule has 8 heteroatoms. The van der Waals surface area contributed by atoms with Crippen LogP contribution in [-0.2, 0) is 0 Å². The van der Waals surface area contributed by atoms with E-state index in [1.165, 1.54) is 6.33 Å². The molecule has 3 aromatic rings. The number of hydrogen-bond donors (Lipinski definition) is 1. The van der Waals surface area contributed by atoms with E-state index < -0.39 is 0 Å². The fraction of sp³-hybridized carbons (Fsp3) is 0.389. The summed E-state index contributed by atoms with van der Waals surface area (Å²) < 4.78 is 0. The van der Waals surface area contributed by atoms with Crippen LogP contribution in [0, 0.1) is 0 Å². The summed E-state index contributed by atoms with van der Waals surface area (Å²) >= 11 is 0. The number of fused-ring (bicyclic) bond motifs is 1. The molecule has 0 unspecified atom stereocenters. The maximum Gasteiger partial charge on any atom is 0.258 e. The van der Waals surface area contributed by atoms with Gasteiger partial charge in [0.1, 0.15) is 5.52 Å². The fourth-order valence-electron chi connectivity index (χ4n) is 3.17. The standard InChI is InChI=1S/C18H21N7O/c1-12(2)14-4-6-20-18(23-14)25-9-7-24(8-10-25)16-15-13(3-5-19-16)17(26)22-11-21-15/h3-6,11-12H,7-10H2,1-2H3,(H,21,22,26). The smallest absolute Gasteiger partial charge is 0.258 e. The van der Waals surface area contributed by atoms with Crippen molar-refractivity contribution >= 4 is 22.7 Å². The molecule has 4 heterocycles. The summed E-state index contributed by atoms with van der Waals surface area (Å²) in [6, 6.07) is 3.67. The zero-order valence-corrected chi connectivity index (χ0v) is 14.9. The lowest BCUT2D eigenvalue weighted by molar-refractivity contribution is 0.632. The van der Waals surface area contributed by atoms with Gasteiger partial charge >= 0.3 is 0 Å². The molecule has 1 saturated heterocycles. The Labute approximate surface area is 150 Å². The second-order valence-electron chi connectivity index (χ2n) is 6.67. The second-order valence-corrected chi connectivity index (χ2v) is 6.67. The van der Waals surface area contributed by atoms with Gasteiger partial charge in [0.2, 0.25) is 5.95 Å². The minimum Gasteiger partial charge on any atom is -0.351 e. The van der Waals surface area contributed by atoms with E-state index in [9.17, 15) is 4.79 Å². The lowest BCUT2D eigenvalue weighted by Crippen LogP contribution is -2.47. The first kappa shape index (κ1) is 16.4. The quantitative estimate of drug-likeness (QED) is 0.765. The summed E-state index contributed by atoms with van der Waals surface area (Å²) in [6.45, 7) is 7.40. The number of rotatable bonds is 3. The molecule has 1 aliphatic heterocycles. The lowest BCUT2D eigenvalue weighted by atomic mass is 10.1. The maximum absolute atomic E-state index is 12.0. The molecule has 0 atom stereocenters. The number of nitrogens with zero attached hydrogens (tertiary/aromatic N) is 6. The molecule has 134 valence electrons. The number of aromatic nitrogens is 5. The molecule has 3 aromatic heterocycles. The Morgan fingerprint density at radius 3 is 2.50 bits per heavy atom. The van der Waals surface area contributed by atoms with Crippen molar-refractivity contribution in [2.75, 3.05) is 36.0 Å². The van der Waals surface area contributed by atoms with Gasteiger partial charge in [0.15, 0.2) is 5.82 Å². The molecule has 0 aliphatic carbocycles. The van der Waals surface area contributed by atoms with E-state index in [4.69, 9.17) is 0 Å². The Kier molecular flexibility index (Phi) is 4.24. The number of H-pyrrole nitrogens is 1. The predicted octanol–water partition coefficient (Wildman–Crippen LogP) is 1.56. The largest absolute Gasteiger partial charge is 0.351 e. The van der Waals surface area contributed by atoms with Gasteiger partial charge < -0.3 is 14.8 Å². The average Bonchev–Trinajstić information content (AvgIpc) is 2.68. The molecule has 4 rings (SSSR count). The summed E-state index contributed by atoms with van der Waals surface area (Å²) in [5.74, 6) is 1.91. The van der Waals surface area contributed by atoms with Crippen LogP contribution in [0.15, 0.2) is 35.6 Å². The van der Waals surface area contributed by atoms with Gasteiger partial charge in [-0.1, -0.05) is 13.8 Å². The Balaban J connectivity index is 1.55. The predicted molar refractivity (Wildman–Crippen MR) is 101 cm³/mol. The highest BCUT2D eigenvalue weighted by molar-refractivity contribution is 5.87. The molecule has 1 aliphatic rings. The van der Waals surface area contributed by atoms with Crippen LogP contribution in [0.5, 0.6) is 0 Å². The Morgan fingerprint density at radius 2 is 1.73 bits per heavy atom. The SMILES string of the molecule is CC(C)c1ccnc(N2CCN(c3nccc4c(=O)[nH]cnc34)CC2)n1. The first-order chi connectivity index (χ1) is 12.6. The highest BCUT2D eigenvalue weighted by Gasteiger charge is 2.22. The number of aromatic amines is 1. The van der Waals surface area contributed by atoms with Gasteiger partial charge in [-0.25, -0.2) is 19.9 Å². The summed E-state index contributed by atoms with van der Waals surface area (Å²) in [7, 11) is 0. The molecule has 0 saturated carbocycles. The van der Waals surface area contributed by atoms with Crippen molar-refractivity contribution in [2.24, 2.45) is 0 Å². The van der Waals surface area contributed by atoms with Crippen LogP contribution >= 0.6 is 0 Å². The van der Waals surface area contributed by atoms with E-state index in [0.29, 0.717) is 16.8 Å². The highest BCUT2D eigenvalue weighted by atomic mass is 16.1. The molecule has 0 bridgehead atoms. The van der Waals surface area contributed by atoms with E-state index in [1.54, 1.807) is 12.3 Å². The third-order valence-electron chi connectivity index (χ3n) is 4.66. The molecule has 1 fully saturated rings. The summed E-state index contributed by atoms with van der Waals surface area (Å²) in [5, 5.41) is 0.563. The lowest BCUT2D eigenvalue weighted by Gasteiger charge is -2.35. The summed E-state index contributed by atoms with van der Waals surface area (Å²) in [4.78, 5) is 36.8. The van der Waals surface area contributed by atoms with Crippen LogP contribution in [0.4, 0.5) is 11.8 Å². The van der Waals surface area contributed by atoms with Gasteiger partial charge in [-0.15, -0.1) is 0 Å². The number of pyridine rings is 1. The molecule has 0 amide bonds. The zero-order valence-electron chi connectivity index (χ0n) is 14.9. The van der Waals surface area contributed by atoms with E-state index in [1.807, 2.05) is 12.3 Å². The van der Waals surface area contributed by atoms with Crippen molar-refractivity contribution in [2.45, 2.75) is 19.8 Å². The summed E-state index contributed by atoms with van der Waals surface area (Å²) in [6.07, 6.45) is 4.92. The van der Waals surface area contributed by atoms with Crippen LogP contribution in [0.1, 0.15) is 25.5 Å². The average molecular weight is 351 g/mol. The van der Waals surface area contributed by atoms with Crippen LogP contribution < -0.4 is 15.4 Å². The van der Waals surface area contributed by atoms with E-state index >= 15 is 0 Å². The van der Waals surface area contributed by atoms with Crippen LogP contribution in [0.2, 0.25) is 0 Å². The zero-order chi connectivity index (χ0) is 18.1. The monoisotopic (exact) mass is 351 g/mol. The molecule has 8 nitrogen and oxygen atoms in total. The Bertz CT molecular complexity index is 976. The molecular weight excluding hydrogens is 330 g/mol. The summed E-state index contributed by atoms with van der Waals surface area (Å²) in [5.41, 5.74) is 1.55. The minimum absolute atomic E-state index is 0.142. The molecular formula is C18H21N7O. The molecule has 0 radical (unpaired) electrons. The normalized spacial score (nSPS) is 15.0. The van der Waals surface area contributed by atoms with E-state index in [-0.39, 0.29) is 5.56 Å². The van der Waals surface area contributed by atoms with E-state index in [0.717, 1.165) is 43.6 Å². The molecule has 0 aromatic carbocycles. The number of nitrogens with one attached hydrogen (secondary N) is 1. The molecule has 1 N–H and O–H groups in total. The van der Waals surface area contributed by atoms with Crippen molar-refractivity contribution in [3.8, 4) is 0 Å². The number of piperazine rings is 1. The van der Waals surface area contributed by atoms with Gasteiger partial charge in [0.05, 0.1) is 11.7 Å². The van der Waals surface area contributed by atoms with Gasteiger partial charge in [-0.2, -0.15) is 0 Å². The van der Waals surface area contributed by atoms with Crippen molar-refractivity contribution in [1.29, 1.82) is 0 Å². The highest BCUT2D eigenvalue weighted by Crippen LogP contribution is 2.22. The van der Waals surface area contributed by atoms with Crippen molar-refractivity contribution in [3.63, 3.8) is 0 Å². The second kappa shape index (κ2) is 6.70. The Hall–Kier alpha value is -3.03. The minimum atomic E-state index is -0.142. The van der Waals surface area contributed by atoms with Gasteiger partial charge in [0.25, 0.3) is 5.56 Å². The van der Waals surface area contributed by atoms with Gasteiger partial charge in [0, 0.05) is 44.3 Å². The third-order valence-corrected chi connectivity index (χ3v) is 4.66. The molecule has 0 spiro atoms. The van der Waals surface area contributed by atoms with Gasteiger partial charge in [-0.3, -0.25) is 4.79 Å². The van der Waals surface area contributed by atoms with Crippen molar-refractivity contribution < 1.29 is 0 Å². The van der Waals surface area contributed by atoms with Crippen LogP contribution in [0.25, 0.3) is 10.9 Å². The van der Waals surface area contributed by atoms with Crippen LogP contribution in [-0.4, -0.2) is 51.1 Å². The third kappa shape index (κ3) is 2.98. The Morgan fingerprint density at radius 1 is 1.00 bits per heavy atom. The number of hydrogen-bond acceptors (Lipinski definition) is 7. The number of anilines is 2. The van der Waals surface area contributed by atoms with Gasteiger partial charge in [-0.05, 0) is 18.1 Å². The van der Waals surface area contributed by atoms with Crippen molar-refractivity contribution in [1.82, 2.24) is 24.9 Å². The topological polar surface area (TPSA) is 90.9 Å². The van der Waals surface area contributed by atoms with E-state index in [2.05, 4.69) is 48.6 Å². The first-order valence-electron chi connectivity index (χ1n) is 8.78. The van der Waals surface area contributed by atoms with Crippen molar-refractivity contribution in [3.05, 3.63) is 46.9 Å². The maximum atomic E-state index is 12.0. The first-order valence-corrected chi connectivity index (χ1v) is 8.78. The molecule has 26 heavy (non-hydrogen) atoms. The fourth-order valence-corrected chi connectivity index (χ4v) is 3.17.